The first-order valence-electron chi connectivity index (χ1n) is 7.76. The number of carboxylic acids is 1. The molecule has 2 amide bonds. The van der Waals surface area contributed by atoms with E-state index in [0.717, 1.165) is 5.56 Å². The number of aliphatic carboxylic acids is 1. The fourth-order valence-corrected chi connectivity index (χ4v) is 2.41. The molecule has 0 saturated carbocycles. The lowest BCUT2D eigenvalue weighted by molar-refractivity contribution is -0.141. The first kappa shape index (κ1) is 18.4. The Bertz CT molecular complexity index is 745. The Kier molecular flexibility index (Phi) is 5.74. The highest BCUT2D eigenvalue weighted by Crippen LogP contribution is 2.22. The van der Waals surface area contributed by atoms with Gasteiger partial charge >= 0.3 is 12.0 Å². The van der Waals surface area contributed by atoms with Crippen LogP contribution in [0.3, 0.4) is 0 Å². The van der Waals surface area contributed by atoms with Gasteiger partial charge in [-0.15, -0.1) is 0 Å². The molecular formula is C17H21FN4O3. The fourth-order valence-electron chi connectivity index (χ4n) is 2.41. The van der Waals surface area contributed by atoms with E-state index >= 15 is 0 Å². The third kappa shape index (κ3) is 4.79. The van der Waals surface area contributed by atoms with Gasteiger partial charge in [0.25, 0.3) is 0 Å². The normalized spacial score (nSPS) is 13.1. The van der Waals surface area contributed by atoms with Gasteiger partial charge in [-0.2, -0.15) is 5.10 Å². The number of carbonyl (C=O) groups excluding carboxylic acids is 1. The van der Waals surface area contributed by atoms with Crippen molar-refractivity contribution in [1.29, 1.82) is 0 Å². The standard InChI is InChI=1S/C17H21FN4O3/c1-11(16(23)24)9-21(2)17(25)20-15(13-8-19-22(3)10-13)12-4-6-14(18)7-5-12/h4-8,10-11,15H,9H2,1-3H3,(H,20,25)(H,23,24). The molecule has 134 valence electrons. The summed E-state index contributed by atoms with van der Waals surface area (Å²) in [5.41, 5.74) is 1.43. The smallest absolute Gasteiger partial charge is 0.317 e. The summed E-state index contributed by atoms with van der Waals surface area (Å²) in [7, 11) is 3.29. The number of amides is 2. The molecule has 0 aliphatic rings. The molecule has 2 N–H and O–H groups in total. The number of hydrogen-bond donors (Lipinski definition) is 2. The van der Waals surface area contributed by atoms with Gasteiger partial charge in [-0.25, -0.2) is 9.18 Å². The molecule has 0 fully saturated rings. The van der Waals surface area contributed by atoms with E-state index in [1.165, 1.54) is 31.0 Å². The third-order valence-electron chi connectivity index (χ3n) is 3.85. The molecule has 25 heavy (non-hydrogen) atoms. The molecule has 2 unspecified atom stereocenters. The Morgan fingerprint density at radius 1 is 1.32 bits per heavy atom. The molecule has 0 bridgehead atoms. The van der Waals surface area contributed by atoms with Crippen molar-refractivity contribution < 1.29 is 19.1 Å². The van der Waals surface area contributed by atoms with Crippen LogP contribution < -0.4 is 5.32 Å². The highest BCUT2D eigenvalue weighted by molar-refractivity contribution is 5.76. The van der Waals surface area contributed by atoms with Gasteiger partial charge in [0.2, 0.25) is 0 Å². The van der Waals surface area contributed by atoms with E-state index in [9.17, 15) is 14.0 Å². The largest absolute Gasteiger partial charge is 0.481 e. The van der Waals surface area contributed by atoms with Gasteiger partial charge in [-0.1, -0.05) is 19.1 Å². The Morgan fingerprint density at radius 2 is 1.96 bits per heavy atom. The molecule has 0 spiro atoms. The molecule has 8 heteroatoms. The number of hydrogen-bond acceptors (Lipinski definition) is 3. The van der Waals surface area contributed by atoms with Gasteiger partial charge in [-0.3, -0.25) is 9.48 Å². The van der Waals surface area contributed by atoms with Crippen LogP contribution in [-0.4, -0.2) is 45.4 Å². The summed E-state index contributed by atoms with van der Waals surface area (Å²) in [6.07, 6.45) is 3.38. The number of aromatic nitrogens is 2. The second-order valence-corrected chi connectivity index (χ2v) is 6.00. The quantitative estimate of drug-likeness (QED) is 0.836. The van der Waals surface area contributed by atoms with Gasteiger partial charge in [0.1, 0.15) is 5.82 Å². The number of benzene rings is 1. The van der Waals surface area contributed by atoms with Crippen molar-refractivity contribution in [2.24, 2.45) is 13.0 Å². The van der Waals surface area contributed by atoms with E-state index in [1.807, 2.05) is 0 Å². The maximum atomic E-state index is 13.2. The van der Waals surface area contributed by atoms with Crippen LogP contribution in [0.25, 0.3) is 0 Å². The van der Waals surface area contributed by atoms with E-state index < -0.39 is 24.0 Å². The van der Waals surface area contributed by atoms with Crippen molar-refractivity contribution in [3.8, 4) is 0 Å². The molecule has 0 radical (unpaired) electrons. The van der Waals surface area contributed by atoms with E-state index in [-0.39, 0.29) is 12.4 Å². The number of nitrogens with one attached hydrogen (secondary N) is 1. The Morgan fingerprint density at radius 3 is 2.48 bits per heavy atom. The van der Waals surface area contributed by atoms with Gasteiger partial charge in [0, 0.05) is 32.4 Å². The minimum Gasteiger partial charge on any atom is -0.481 e. The van der Waals surface area contributed by atoms with Crippen molar-refractivity contribution in [3.63, 3.8) is 0 Å². The van der Waals surface area contributed by atoms with Gasteiger partial charge in [0.15, 0.2) is 0 Å². The van der Waals surface area contributed by atoms with Crippen molar-refractivity contribution >= 4 is 12.0 Å². The third-order valence-corrected chi connectivity index (χ3v) is 3.85. The van der Waals surface area contributed by atoms with Crippen LogP contribution in [0.1, 0.15) is 24.1 Å². The van der Waals surface area contributed by atoms with Crippen molar-refractivity contribution in [2.45, 2.75) is 13.0 Å². The number of halogens is 1. The van der Waals surface area contributed by atoms with Crippen LogP contribution in [0.5, 0.6) is 0 Å². The van der Waals surface area contributed by atoms with Gasteiger partial charge < -0.3 is 15.3 Å². The average Bonchev–Trinajstić information content (AvgIpc) is 2.99. The highest BCUT2D eigenvalue weighted by atomic mass is 19.1. The number of carboxylic acid groups (broad SMARTS) is 1. The minimum atomic E-state index is -0.970. The molecular weight excluding hydrogens is 327 g/mol. The molecule has 2 atom stereocenters. The Hall–Kier alpha value is -2.90. The zero-order valence-corrected chi connectivity index (χ0v) is 14.3. The molecule has 0 saturated heterocycles. The second-order valence-electron chi connectivity index (χ2n) is 6.00. The summed E-state index contributed by atoms with van der Waals surface area (Å²) >= 11 is 0. The zero-order chi connectivity index (χ0) is 18.6. The topological polar surface area (TPSA) is 87.5 Å². The first-order chi connectivity index (χ1) is 11.8. The monoisotopic (exact) mass is 348 g/mol. The summed E-state index contributed by atoms with van der Waals surface area (Å²) in [6.45, 7) is 1.61. The maximum absolute atomic E-state index is 13.2. The van der Waals surface area contributed by atoms with E-state index in [0.29, 0.717) is 5.56 Å². The van der Waals surface area contributed by atoms with E-state index in [1.54, 1.807) is 36.3 Å². The van der Waals surface area contributed by atoms with Gasteiger partial charge in [-0.05, 0) is 17.7 Å². The van der Waals surface area contributed by atoms with Crippen molar-refractivity contribution in [2.75, 3.05) is 13.6 Å². The number of urea groups is 1. The second kappa shape index (κ2) is 7.78. The molecule has 2 rings (SSSR count). The molecule has 1 heterocycles. The zero-order valence-electron chi connectivity index (χ0n) is 14.3. The molecule has 0 aliphatic heterocycles. The Balaban J connectivity index is 2.20. The molecule has 1 aromatic heterocycles. The van der Waals surface area contributed by atoms with Gasteiger partial charge in [0.05, 0.1) is 18.2 Å². The summed E-state index contributed by atoms with van der Waals surface area (Å²) in [4.78, 5) is 24.7. The van der Waals surface area contributed by atoms with Crippen molar-refractivity contribution in [1.82, 2.24) is 20.0 Å². The van der Waals surface area contributed by atoms with Crippen LogP contribution in [0.2, 0.25) is 0 Å². The minimum absolute atomic E-state index is 0.0738. The van der Waals surface area contributed by atoms with Crippen LogP contribution in [0.15, 0.2) is 36.7 Å². The number of rotatable bonds is 6. The predicted molar refractivity (Wildman–Crippen MR) is 89.4 cm³/mol. The van der Waals surface area contributed by atoms with E-state index in [4.69, 9.17) is 5.11 Å². The number of aryl methyl sites for hydroxylation is 1. The average molecular weight is 348 g/mol. The molecule has 1 aromatic carbocycles. The fraction of sp³-hybridized carbons (Fsp3) is 0.353. The lowest BCUT2D eigenvalue weighted by Crippen LogP contribution is -2.42. The highest BCUT2D eigenvalue weighted by Gasteiger charge is 2.22. The van der Waals surface area contributed by atoms with Crippen LogP contribution in [-0.2, 0) is 11.8 Å². The number of nitrogens with zero attached hydrogens (tertiary/aromatic N) is 3. The summed E-state index contributed by atoms with van der Waals surface area (Å²) in [5.74, 6) is -2.02. The molecule has 0 aliphatic carbocycles. The molecule has 7 nitrogen and oxygen atoms in total. The molecule has 2 aromatic rings. The number of carbonyl (C=O) groups is 2. The predicted octanol–water partition coefficient (Wildman–Crippen LogP) is 2.01. The summed E-state index contributed by atoms with van der Waals surface area (Å²) < 4.78 is 14.8. The SMILES string of the molecule is CC(CN(C)C(=O)NC(c1ccc(F)cc1)c1cnn(C)c1)C(=O)O. The maximum Gasteiger partial charge on any atom is 0.317 e. The van der Waals surface area contributed by atoms with Crippen molar-refractivity contribution in [3.05, 3.63) is 53.6 Å². The summed E-state index contributed by atoms with van der Waals surface area (Å²) in [5, 5.41) is 15.9. The first-order valence-corrected chi connectivity index (χ1v) is 7.76. The summed E-state index contributed by atoms with van der Waals surface area (Å²) in [6, 6.07) is 4.87. The lowest BCUT2D eigenvalue weighted by Gasteiger charge is -2.24. The lowest BCUT2D eigenvalue weighted by atomic mass is 10.0. The van der Waals surface area contributed by atoms with Crippen LogP contribution in [0.4, 0.5) is 9.18 Å². The van der Waals surface area contributed by atoms with E-state index in [2.05, 4.69) is 10.4 Å². The Labute approximate surface area is 145 Å². The van der Waals surface area contributed by atoms with Crippen LogP contribution in [0, 0.1) is 11.7 Å². The van der Waals surface area contributed by atoms with Crippen LogP contribution >= 0.6 is 0 Å².